The van der Waals surface area contributed by atoms with E-state index in [0.717, 1.165) is 35.6 Å². The Morgan fingerprint density at radius 3 is 2.45 bits per heavy atom. The molecule has 1 unspecified atom stereocenters. The van der Waals surface area contributed by atoms with Gasteiger partial charge in [0.1, 0.15) is 0 Å². The van der Waals surface area contributed by atoms with Gasteiger partial charge in [-0.1, -0.05) is 42.5 Å². The molecule has 1 fully saturated rings. The fourth-order valence-corrected chi connectivity index (χ4v) is 5.08. The van der Waals surface area contributed by atoms with Crippen LogP contribution in [0.2, 0.25) is 0 Å². The maximum Gasteiger partial charge on any atom is 0.335 e. The number of likely N-dealkylation sites (tertiary alicyclic amines) is 1. The number of hydrazine groups is 1. The lowest BCUT2D eigenvalue weighted by Gasteiger charge is -2.37. The normalized spacial score (nSPS) is 16.3. The van der Waals surface area contributed by atoms with Crippen LogP contribution in [0.4, 0.5) is 10.5 Å². The van der Waals surface area contributed by atoms with Gasteiger partial charge in [0.25, 0.3) is 10.0 Å². The van der Waals surface area contributed by atoms with Gasteiger partial charge in [0, 0.05) is 18.3 Å². The molecule has 4 rings (SSSR count). The molecule has 3 aromatic rings. The van der Waals surface area contributed by atoms with Gasteiger partial charge >= 0.3 is 6.03 Å². The molecule has 1 aliphatic heterocycles. The minimum Gasteiger partial charge on any atom is -0.399 e. The van der Waals surface area contributed by atoms with Crippen molar-refractivity contribution in [2.24, 2.45) is 0 Å². The summed E-state index contributed by atoms with van der Waals surface area (Å²) in [6.07, 6.45) is 2.87. The van der Waals surface area contributed by atoms with Crippen LogP contribution in [0.5, 0.6) is 0 Å². The summed E-state index contributed by atoms with van der Waals surface area (Å²) >= 11 is 0. The molecule has 2 amide bonds. The number of fused-ring (bicyclic) bond motifs is 1. The quantitative estimate of drug-likeness (QED) is 0.407. The number of nitrogen functional groups attached to an aromatic ring is 1. The summed E-state index contributed by atoms with van der Waals surface area (Å²) in [4.78, 5) is 17.8. The van der Waals surface area contributed by atoms with E-state index in [2.05, 4.69) is 4.83 Å². The summed E-state index contributed by atoms with van der Waals surface area (Å²) in [5.41, 5.74) is 7.16. The van der Waals surface area contributed by atoms with E-state index in [9.17, 15) is 13.2 Å². The van der Waals surface area contributed by atoms with Crippen LogP contribution in [0.1, 0.15) is 31.7 Å². The van der Waals surface area contributed by atoms with Gasteiger partial charge in [0.05, 0.1) is 11.4 Å². The molecule has 176 valence electrons. The second-order valence-corrected chi connectivity index (χ2v) is 9.91. The molecule has 3 aromatic carbocycles. The third-order valence-corrected chi connectivity index (χ3v) is 7.20. The second-order valence-electron chi connectivity index (χ2n) is 8.25. The zero-order chi connectivity index (χ0) is 22.7. The lowest BCUT2D eigenvalue weighted by atomic mass is 10.0. The summed E-state index contributed by atoms with van der Waals surface area (Å²) < 4.78 is 26.5. The van der Waals surface area contributed by atoms with Crippen LogP contribution >= 0.6 is 12.4 Å². The molecule has 9 heteroatoms. The minimum absolute atomic E-state index is 0. The third-order valence-electron chi connectivity index (χ3n) is 5.86. The van der Waals surface area contributed by atoms with Crippen molar-refractivity contribution in [1.82, 2.24) is 14.7 Å². The van der Waals surface area contributed by atoms with Crippen LogP contribution in [0.3, 0.4) is 0 Å². The largest absolute Gasteiger partial charge is 0.399 e. The molecule has 0 spiro atoms. The number of nitrogens with two attached hydrogens (primary N) is 1. The van der Waals surface area contributed by atoms with Gasteiger partial charge in [-0.25, -0.2) is 18.2 Å². The summed E-state index contributed by atoms with van der Waals surface area (Å²) in [7, 11) is -3.98. The first-order valence-electron chi connectivity index (χ1n) is 10.8. The summed E-state index contributed by atoms with van der Waals surface area (Å²) in [6.45, 7) is 2.70. The van der Waals surface area contributed by atoms with Crippen LogP contribution < -0.4 is 10.6 Å². The predicted molar refractivity (Wildman–Crippen MR) is 133 cm³/mol. The standard InChI is InChI=1S/C24H28N4O3S.ClH/c1-18-6-4-5-15-27(18)24(29)28(17-19-9-12-22(25)13-10-19)26-32(30,31)23-14-11-20-7-2-3-8-21(20)16-23;/h2-3,7-14,16,18,26H,4-6,15,17,25H2,1H3;1H. The van der Waals surface area contributed by atoms with Gasteiger partial charge in [0.15, 0.2) is 0 Å². The number of urea groups is 1. The number of anilines is 1. The average Bonchev–Trinajstić information content (AvgIpc) is 2.79. The number of amides is 2. The number of hydrogen-bond donors (Lipinski definition) is 2. The van der Waals surface area contributed by atoms with Gasteiger partial charge in [0.2, 0.25) is 0 Å². The van der Waals surface area contributed by atoms with Crippen molar-refractivity contribution in [3.63, 3.8) is 0 Å². The predicted octanol–water partition coefficient (Wildman–Crippen LogP) is 4.53. The van der Waals surface area contributed by atoms with Crippen molar-refractivity contribution in [2.45, 2.75) is 43.7 Å². The fraction of sp³-hybridized carbons (Fsp3) is 0.292. The van der Waals surface area contributed by atoms with Crippen molar-refractivity contribution in [3.8, 4) is 0 Å². The van der Waals surface area contributed by atoms with Gasteiger partial charge in [-0.05, 0) is 66.8 Å². The number of piperidine rings is 1. The topological polar surface area (TPSA) is 95.7 Å². The van der Waals surface area contributed by atoms with Crippen molar-refractivity contribution < 1.29 is 13.2 Å². The number of sulfonamides is 1. The van der Waals surface area contributed by atoms with E-state index in [-0.39, 0.29) is 35.9 Å². The average molecular weight is 489 g/mol. The Hall–Kier alpha value is -2.81. The molecule has 1 atom stereocenters. The lowest BCUT2D eigenvalue weighted by molar-refractivity contribution is 0.111. The van der Waals surface area contributed by atoms with Gasteiger partial charge in [-0.15, -0.1) is 17.2 Å². The first-order valence-corrected chi connectivity index (χ1v) is 12.3. The summed E-state index contributed by atoms with van der Waals surface area (Å²) in [6, 6.07) is 19.2. The highest BCUT2D eigenvalue weighted by molar-refractivity contribution is 7.89. The second kappa shape index (κ2) is 10.4. The number of halogens is 1. The SMILES string of the molecule is CC1CCCCN1C(=O)N(Cc1ccc(N)cc1)NS(=O)(=O)c1ccc2ccccc2c1.Cl. The van der Waals surface area contributed by atoms with E-state index in [0.29, 0.717) is 12.2 Å². The molecular weight excluding hydrogens is 460 g/mol. The molecule has 3 N–H and O–H groups in total. The molecule has 0 saturated carbocycles. The summed E-state index contributed by atoms with van der Waals surface area (Å²) in [5.74, 6) is 0. The van der Waals surface area contributed by atoms with E-state index >= 15 is 0 Å². The van der Waals surface area contributed by atoms with Gasteiger partial charge < -0.3 is 10.6 Å². The van der Waals surface area contributed by atoms with E-state index in [1.165, 1.54) is 5.01 Å². The van der Waals surface area contributed by atoms with Crippen molar-refractivity contribution in [1.29, 1.82) is 0 Å². The van der Waals surface area contributed by atoms with Crippen LogP contribution in [0.15, 0.2) is 71.6 Å². The molecule has 1 saturated heterocycles. The summed E-state index contributed by atoms with van der Waals surface area (Å²) in [5, 5.41) is 2.96. The molecule has 1 aliphatic rings. The smallest absolute Gasteiger partial charge is 0.335 e. The number of rotatable bonds is 5. The Bertz CT molecular complexity index is 1220. The van der Waals surface area contributed by atoms with Crippen LogP contribution in [0.25, 0.3) is 10.8 Å². The Balaban J connectivity index is 0.00000306. The zero-order valence-corrected chi connectivity index (χ0v) is 20.1. The van der Waals surface area contributed by atoms with Gasteiger partial charge in [-0.2, -0.15) is 0 Å². The van der Waals surface area contributed by atoms with Crippen LogP contribution in [-0.2, 0) is 16.6 Å². The molecule has 0 bridgehead atoms. The van der Waals surface area contributed by atoms with E-state index in [1.54, 1.807) is 47.4 Å². The third kappa shape index (κ3) is 5.76. The van der Waals surface area contributed by atoms with Crippen molar-refractivity contribution in [2.75, 3.05) is 12.3 Å². The Morgan fingerprint density at radius 1 is 1.06 bits per heavy atom. The molecule has 1 heterocycles. The Labute approximate surface area is 201 Å². The Kier molecular flexibility index (Phi) is 7.84. The number of nitrogens with zero attached hydrogens (tertiary/aromatic N) is 2. The van der Waals surface area contributed by atoms with Crippen LogP contribution in [0, 0.1) is 0 Å². The monoisotopic (exact) mass is 488 g/mol. The number of carbonyl (C=O) groups is 1. The number of nitrogens with one attached hydrogen (secondary N) is 1. The highest BCUT2D eigenvalue weighted by atomic mass is 35.5. The highest BCUT2D eigenvalue weighted by Gasteiger charge is 2.30. The van der Waals surface area contributed by atoms with E-state index < -0.39 is 10.0 Å². The molecule has 0 aromatic heterocycles. The maximum absolute atomic E-state index is 13.4. The molecule has 7 nitrogen and oxygen atoms in total. The number of hydrogen-bond acceptors (Lipinski definition) is 4. The van der Waals surface area contributed by atoms with E-state index in [4.69, 9.17) is 5.73 Å². The number of benzene rings is 3. The fourth-order valence-electron chi connectivity index (χ4n) is 4.01. The van der Waals surface area contributed by atoms with Crippen LogP contribution in [-0.4, -0.2) is 36.9 Å². The zero-order valence-electron chi connectivity index (χ0n) is 18.5. The molecular formula is C24H29ClN4O3S. The van der Waals surface area contributed by atoms with Crippen molar-refractivity contribution in [3.05, 3.63) is 72.3 Å². The first kappa shape index (κ1) is 24.8. The maximum atomic E-state index is 13.4. The van der Waals surface area contributed by atoms with Gasteiger partial charge in [-0.3, -0.25) is 0 Å². The first-order chi connectivity index (χ1) is 15.3. The lowest BCUT2D eigenvalue weighted by Crippen LogP contribution is -2.54. The molecule has 0 aliphatic carbocycles. The highest BCUT2D eigenvalue weighted by Crippen LogP contribution is 2.22. The Morgan fingerprint density at radius 2 is 1.76 bits per heavy atom. The van der Waals surface area contributed by atoms with E-state index in [1.807, 2.05) is 31.2 Å². The number of carbonyl (C=O) groups excluding carboxylic acids is 1. The molecule has 33 heavy (non-hydrogen) atoms. The van der Waals surface area contributed by atoms with Crippen molar-refractivity contribution >= 4 is 44.9 Å². The minimum atomic E-state index is -3.98. The molecule has 0 radical (unpaired) electrons.